The molecular weight excluding hydrogens is 434 g/mol. The van der Waals surface area contributed by atoms with Gasteiger partial charge >= 0.3 is 11.9 Å². The van der Waals surface area contributed by atoms with Gasteiger partial charge in [-0.3, -0.25) is 24.6 Å². The number of hydrogen-bond donors (Lipinski definition) is 4. The van der Waals surface area contributed by atoms with Crippen molar-refractivity contribution in [1.29, 1.82) is 0 Å². The summed E-state index contributed by atoms with van der Waals surface area (Å²) in [5.74, 6) is -1.71. The number of nitrogens with one attached hydrogen (secondary N) is 2. The number of carbonyl (C=O) groups is 3. The van der Waals surface area contributed by atoms with E-state index in [1.165, 1.54) is 16.7 Å². The minimum atomic E-state index is -1.13. The number of ether oxygens (including phenoxy) is 1. The molecule has 0 radical (unpaired) electrons. The van der Waals surface area contributed by atoms with E-state index in [-0.39, 0.29) is 6.61 Å². The lowest BCUT2D eigenvalue weighted by atomic mass is 9.93. The number of thioether (sulfide) groups is 1. The van der Waals surface area contributed by atoms with Gasteiger partial charge < -0.3 is 20.3 Å². The van der Waals surface area contributed by atoms with Gasteiger partial charge in [0.25, 0.3) is 0 Å². The highest BCUT2D eigenvalue weighted by Gasteiger charge is 2.34. The summed E-state index contributed by atoms with van der Waals surface area (Å²) in [6.07, 6.45) is 4.26. The molecule has 32 heavy (non-hydrogen) atoms. The van der Waals surface area contributed by atoms with Crippen molar-refractivity contribution in [3.05, 3.63) is 24.3 Å². The smallest absolute Gasteiger partial charge is 0.323 e. The van der Waals surface area contributed by atoms with Crippen LogP contribution in [0.4, 0.5) is 5.69 Å². The van der Waals surface area contributed by atoms with E-state index in [0.717, 1.165) is 43.7 Å². The number of nitrogens with zero attached hydrogens (tertiary/aromatic N) is 1. The first-order chi connectivity index (χ1) is 15.5. The quantitative estimate of drug-likeness (QED) is 0.359. The molecule has 1 aromatic rings. The number of anilines is 1. The Kier molecular flexibility index (Phi) is 9.34. The molecule has 1 aromatic carbocycles. The van der Waals surface area contributed by atoms with E-state index in [1.54, 1.807) is 12.1 Å². The second-order valence-electron chi connectivity index (χ2n) is 8.12. The Labute approximate surface area is 191 Å². The molecule has 2 aliphatic heterocycles. The lowest BCUT2D eigenvalue weighted by Crippen LogP contribution is -2.55. The average molecular weight is 466 g/mol. The van der Waals surface area contributed by atoms with E-state index in [9.17, 15) is 24.6 Å². The van der Waals surface area contributed by atoms with Crippen LogP contribution in [0.15, 0.2) is 29.2 Å². The number of carbonyl (C=O) groups excluding carboxylic acids is 1. The second kappa shape index (κ2) is 12.2. The summed E-state index contributed by atoms with van der Waals surface area (Å²) in [5, 5.41) is 25.1. The highest BCUT2D eigenvalue weighted by molar-refractivity contribution is 7.99. The van der Waals surface area contributed by atoms with Crippen LogP contribution in [0.1, 0.15) is 25.7 Å². The summed E-state index contributed by atoms with van der Waals surface area (Å²) in [7, 11) is 0. The first-order valence-electron chi connectivity index (χ1n) is 11.0. The maximum atomic E-state index is 13.1. The minimum Gasteiger partial charge on any atom is -0.480 e. The highest BCUT2D eigenvalue weighted by Crippen LogP contribution is 2.34. The van der Waals surface area contributed by atoms with Crippen LogP contribution in [0.25, 0.3) is 0 Å². The highest BCUT2D eigenvalue weighted by atomic mass is 32.2. The summed E-state index contributed by atoms with van der Waals surface area (Å²) >= 11 is 1.40. The van der Waals surface area contributed by atoms with Gasteiger partial charge in [-0.15, -0.1) is 11.8 Å². The van der Waals surface area contributed by atoms with Gasteiger partial charge in [-0.1, -0.05) is 12.1 Å². The topological polar surface area (TPSA) is 128 Å². The largest absolute Gasteiger partial charge is 0.480 e. The van der Waals surface area contributed by atoms with Gasteiger partial charge in [-0.2, -0.15) is 0 Å². The fourth-order valence-corrected chi connectivity index (χ4v) is 5.14. The van der Waals surface area contributed by atoms with Crippen molar-refractivity contribution in [2.24, 2.45) is 5.92 Å². The molecule has 1 unspecified atom stereocenters. The molecule has 2 heterocycles. The van der Waals surface area contributed by atoms with Gasteiger partial charge in [0, 0.05) is 17.3 Å². The Morgan fingerprint density at radius 3 is 2.72 bits per heavy atom. The fraction of sp³-hybridized carbons (Fsp3) is 0.591. The third-order valence-electron chi connectivity index (χ3n) is 5.76. The van der Waals surface area contributed by atoms with Gasteiger partial charge in [-0.05, 0) is 56.8 Å². The van der Waals surface area contributed by atoms with Gasteiger partial charge in [0.05, 0.1) is 18.3 Å². The molecule has 3 rings (SSSR count). The van der Waals surface area contributed by atoms with Crippen molar-refractivity contribution < 1.29 is 29.3 Å². The summed E-state index contributed by atoms with van der Waals surface area (Å²) in [6.45, 7) is 2.03. The van der Waals surface area contributed by atoms with E-state index in [4.69, 9.17) is 4.74 Å². The SMILES string of the molecule is O=C(O)CN1C(=O)C(N[C@H](COCCCC2CCNCC2)C(=O)O)CSc2ccccc21. The molecule has 1 fully saturated rings. The third kappa shape index (κ3) is 6.93. The van der Waals surface area contributed by atoms with Crippen molar-refractivity contribution in [1.82, 2.24) is 10.6 Å². The van der Waals surface area contributed by atoms with Crippen molar-refractivity contribution in [2.45, 2.75) is 42.7 Å². The first-order valence-corrected chi connectivity index (χ1v) is 12.0. The van der Waals surface area contributed by atoms with E-state index in [2.05, 4.69) is 10.6 Å². The molecule has 2 aliphatic rings. The normalized spacial score (nSPS) is 20.4. The molecule has 176 valence electrons. The number of carboxylic acids is 2. The number of para-hydroxylation sites is 1. The van der Waals surface area contributed by atoms with Crippen LogP contribution in [-0.2, 0) is 19.1 Å². The van der Waals surface area contributed by atoms with Gasteiger partial charge in [0.15, 0.2) is 0 Å². The van der Waals surface area contributed by atoms with Crippen molar-refractivity contribution >= 4 is 35.3 Å². The number of carboxylic acid groups (broad SMARTS) is 2. The van der Waals surface area contributed by atoms with Crippen LogP contribution in [0.3, 0.4) is 0 Å². The first kappa shape index (κ1) is 24.5. The third-order valence-corrected chi connectivity index (χ3v) is 6.92. The van der Waals surface area contributed by atoms with Gasteiger partial charge in [-0.25, -0.2) is 0 Å². The molecule has 0 aromatic heterocycles. The summed E-state index contributed by atoms with van der Waals surface area (Å²) in [6, 6.07) is 5.19. The molecular formula is C22H31N3O6S. The summed E-state index contributed by atoms with van der Waals surface area (Å²) in [5.41, 5.74) is 0.523. The second-order valence-corrected chi connectivity index (χ2v) is 9.18. The van der Waals surface area contributed by atoms with Crippen molar-refractivity contribution in [3.63, 3.8) is 0 Å². The molecule has 4 N–H and O–H groups in total. The van der Waals surface area contributed by atoms with Crippen LogP contribution in [0.5, 0.6) is 0 Å². The number of benzene rings is 1. The molecule has 2 atom stereocenters. The van der Waals surface area contributed by atoms with Crippen LogP contribution >= 0.6 is 11.8 Å². The Morgan fingerprint density at radius 2 is 2.00 bits per heavy atom. The number of fused-ring (bicyclic) bond motifs is 1. The van der Waals surface area contributed by atoms with Crippen LogP contribution in [-0.4, -0.2) is 78.7 Å². The van der Waals surface area contributed by atoms with Crippen LogP contribution in [0.2, 0.25) is 0 Å². The Balaban J connectivity index is 1.55. The number of amides is 1. The lowest BCUT2D eigenvalue weighted by Gasteiger charge is -2.26. The average Bonchev–Trinajstić information content (AvgIpc) is 2.90. The Morgan fingerprint density at radius 1 is 1.25 bits per heavy atom. The molecule has 0 bridgehead atoms. The minimum absolute atomic E-state index is 0.0537. The summed E-state index contributed by atoms with van der Waals surface area (Å²) in [4.78, 5) is 38.2. The molecule has 1 amide bonds. The van der Waals surface area contributed by atoms with Gasteiger partial charge in [0.2, 0.25) is 5.91 Å². The zero-order valence-electron chi connectivity index (χ0n) is 18.0. The number of rotatable bonds is 11. The lowest BCUT2D eigenvalue weighted by molar-refractivity contribution is -0.142. The number of hydrogen-bond acceptors (Lipinski definition) is 7. The van der Waals surface area contributed by atoms with Crippen LogP contribution in [0, 0.1) is 5.92 Å². The standard InChI is InChI=1S/C22H31N3O6S/c26-20(27)12-25-18-5-1-2-6-19(18)32-14-17(21(25)28)24-16(22(29)30)13-31-11-3-4-15-7-9-23-10-8-15/h1-2,5-6,15-17,23-24H,3-4,7-14H2,(H,26,27)(H,29,30)/t16-,17?/m1/s1. The monoisotopic (exact) mass is 465 g/mol. The number of aliphatic carboxylic acids is 2. The predicted molar refractivity (Wildman–Crippen MR) is 121 cm³/mol. The zero-order chi connectivity index (χ0) is 22.9. The zero-order valence-corrected chi connectivity index (χ0v) is 18.8. The molecule has 1 saturated heterocycles. The fourth-order valence-electron chi connectivity index (χ4n) is 4.05. The molecule has 0 spiro atoms. The van der Waals surface area contributed by atoms with E-state index >= 15 is 0 Å². The maximum Gasteiger partial charge on any atom is 0.323 e. The maximum absolute atomic E-state index is 13.1. The Bertz CT molecular complexity index is 802. The molecule has 0 saturated carbocycles. The Hall–Kier alpha value is -2.14. The van der Waals surface area contributed by atoms with Gasteiger partial charge in [0.1, 0.15) is 12.6 Å². The van der Waals surface area contributed by atoms with Crippen molar-refractivity contribution in [3.8, 4) is 0 Å². The van der Waals surface area contributed by atoms with Crippen LogP contribution < -0.4 is 15.5 Å². The van der Waals surface area contributed by atoms with E-state index < -0.39 is 36.5 Å². The predicted octanol–water partition coefficient (Wildman–Crippen LogP) is 1.42. The summed E-state index contributed by atoms with van der Waals surface area (Å²) < 4.78 is 5.62. The van der Waals surface area contributed by atoms with E-state index in [1.807, 2.05) is 12.1 Å². The molecule has 10 heteroatoms. The molecule has 9 nitrogen and oxygen atoms in total. The molecule has 0 aliphatic carbocycles. The van der Waals surface area contributed by atoms with Crippen molar-refractivity contribution in [2.75, 3.05) is 43.5 Å². The number of piperidine rings is 1. The van der Waals surface area contributed by atoms with E-state index in [0.29, 0.717) is 24.0 Å².